The van der Waals surface area contributed by atoms with E-state index >= 15 is 0 Å². The smallest absolute Gasteiger partial charge is 0.243 e. The topological polar surface area (TPSA) is 67.9 Å². The highest BCUT2D eigenvalue weighted by Crippen LogP contribution is 2.29. The van der Waals surface area contributed by atoms with Gasteiger partial charge in [0.25, 0.3) is 0 Å². The van der Waals surface area contributed by atoms with Crippen molar-refractivity contribution in [2.45, 2.75) is 30.7 Å². The number of anilines is 1. The van der Waals surface area contributed by atoms with Crippen LogP contribution in [0.3, 0.4) is 0 Å². The molecule has 1 saturated heterocycles. The van der Waals surface area contributed by atoms with E-state index in [2.05, 4.69) is 5.32 Å². The van der Waals surface area contributed by atoms with E-state index in [1.165, 1.54) is 22.5 Å². The van der Waals surface area contributed by atoms with Crippen LogP contribution in [0.2, 0.25) is 0 Å². The van der Waals surface area contributed by atoms with Crippen molar-refractivity contribution >= 4 is 15.7 Å². The molecule has 1 aliphatic heterocycles. The summed E-state index contributed by atoms with van der Waals surface area (Å²) < 4.78 is 51.5. The summed E-state index contributed by atoms with van der Waals surface area (Å²) >= 11 is 0. The third kappa shape index (κ3) is 4.39. The maximum atomic E-state index is 13.4. The van der Waals surface area contributed by atoms with Gasteiger partial charge in [-0.15, -0.1) is 0 Å². The number of benzene rings is 2. The molecule has 1 unspecified atom stereocenters. The Kier molecular flexibility index (Phi) is 6.10. The second-order valence-corrected chi connectivity index (χ2v) is 8.76. The zero-order valence-electron chi connectivity index (χ0n) is 16.2. The zero-order chi connectivity index (χ0) is 20.3. The van der Waals surface area contributed by atoms with Gasteiger partial charge in [-0.2, -0.15) is 4.31 Å². The number of ether oxygens (including phenoxy) is 2. The van der Waals surface area contributed by atoms with Gasteiger partial charge < -0.3 is 14.8 Å². The highest BCUT2D eigenvalue weighted by atomic mass is 32.2. The molecule has 1 fully saturated rings. The average Bonchev–Trinajstić information content (AvgIpc) is 2.67. The first-order valence-electron chi connectivity index (χ1n) is 9.09. The summed E-state index contributed by atoms with van der Waals surface area (Å²) in [6, 6.07) is 9.18. The van der Waals surface area contributed by atoms with Gasteiger partial charge in [-0.05, 0) is 43.5 Å². The Morgan fingerprint density at radius 1 is 1.11 bits per heavy atom. The van der Waals surface area contributed by atoms with Gasteiger partial charge in [0, 0.05) is 43.0 Å². The van der Waals surface area contributed by atoms with Crippen LogP contribution in [0.25, 0.3) is 0 Å². The summed E-state index contributed by atoms with van der Waals surface area (Å²) in [5, 5.41) is 3.38. The van der Waals surface area contributed by atoms with Crippen LogP contribution >= 0.6 is 0 Å². The van der Waals surface area contributed by atoms with Crippen LogP contribution in [0, 0.1) is 12.7 Å². The van der Waals surface area contributed by atoms with Gasteiger partial charge in [-0.25, -0.2) is 12.8 Å². The van der Waals surface area contributed by atoms with Crippen molar-refractivity contribution in [3.05, 3.63) is 47.8 Å². The molecule has 0 aromatic heterocycles. The molecule has 1 heterocycles. The number of sulfonamides is 1. The quantitative estimate of drug-likeness (QED) is 0.793. The van der Waals surface area contributed by atoms with Gasteiger partial charge in [0.05, 0.1) is 19.1 Å². The molecule has 1 atom stereocenters. The van der Waals surface area contributed by atoms with Crippen molar-refractivity contribution in [2.75, 3.05) is 32.6 Å². The Hall–Kier alpha value is -2.32. The number of hydrogen-bond acceptors (Lipinski definition) is 5. The molecule has 3 rings (SSSR count). The molecule has 1 N–H and O–H groups in total. The second kappa shape index (κ2) is 8.36. The fourth-order valence-electron chi connectivity index (χ4n) is 3.45. The lowest BCUT2D eigenvalue weighted by molar-refractivity contribution is 0.326. The lowest BCUT2D eigenvalue weighted by atomic mass is 10.1. The van der Waals surface area contributed by atoms with Crippen molar-refractivity contribution in [1.29, 1.82) is 0 Å². The highest BCUT2D eigenvalue weighted by Gasteiger charge is 2.31. The molecule has 0 amide bonds. The van der Waals surface area contributed by atoms with Crippen molar-refractivity contribution in [3.63, 3.8) is 0 Å². The lowest BCUT2D eigenvalue weighted by Crippen LogP contribution is -2.45. The summed E-state index contributed by atoms with van der Waals surface area (Å²) in [4.78, 5) is 0.151. The van der Waals surface area contributed by atoms with Crippen LogP contribution in [0.15, 0.2) is 41.3 Å². The summed E-state index contributed by atoms with van der Waals surface area (Å²) in [6.07, 6.45) is 1.58. The van der Waals surface area contributed by atoms with Gasteiger partial charge in [0.1, 0.15) is 17.3 Å². The third-order valence-corrected chi connectivity index (χ3v) is 6.89. The van der Waals surface area contributed by atoms with Gasteiger partial charge >= 0.3 is 0 Å². The predicted octanol–water partition coefficient (Wildman–Crippen LogP) is 3.42. The van der Waals surface area contributed by atoms with Crippen LogP contribution in [0.1, 0.15) is 18.4 Å². The molecule has 1 aliphatic rings. The third-order valence-electron chi connectivity index (χ3n) is 4.86. The summed E-state index contributed by atoms with van der Waals surface area (Å²) in [6.45, 7) is 2.38. The molecule has 2 aromatic rings. The molecular weight excluding hydrogens is 383 g/mol. The van der Waals surface area contributed by atoms with Crippen molar-refractivity contribution in [2.24, 2.45) is 0 Å². The second-order valence-electron chi connectivity index (χ2n) is 6.86. The Balaban J connectivity index is 1.79. The number of piperidine rings is 1. The summed E-state index contributed by atoms with van der Waals surface area (Å²) in [7, 11) is -0.519. The molecule has 0 aliphatic carbocycles. The maximum Gasteiger partial charge on any atom is 0.243 e. The van der Waals surface area contributed by atoms with E-state index in [-0.39, 0.29) is 10.9 Å². The fraction of sp³-hybridized carbons (Fsp3) is 0.400. The molecule has 0 radical (unpaired) electrons. The minimum absolute atomic E-state index is 0.0545. The number of methoxy groups -OCH3 is 2. The molecule has 6 nitrogen and oxygen atoms in total. The van der Waals surface area contributed by atoms with Crippen LogP contribution in [0.5, 0.6) is 11.5 Å². The van der Waals surface area contributed by atoms with Gasteiger partial charge in [-0.1, -0.05) is 0 Å². The highest BCUT2D eigenvalue weighted by molar-refractivity contribution is 7.89. The summed E-state index contributed by atoms with van der Waals surface area (Å²) in [5.74, 6) is 0.870. The molecule has 2 aromatic carbocycles. The number of rotatable bonds is 6. The van der Waals surface area contributed by atoms with Crippen LogP contribution in [-0.2, 0) is 10.0 Å². The van der Waals surface area contributed by atoms with Crippen molar-refractivity contribution in [1.82, 2.24) is 4.31 Å². The molecule has 8 heteroatoms. The SMILES string of the molecule is COc1cc(NC2CCCN(S(=O)(=O)c3ccc(F)cc3C)C2)cc(OC)c1. The standard InChI is InChI=1S/C20H25FN2O4S/c1-14-9-15(21)6-7-20(14)28(24,25)23-8-4-5-16(13-23)22-17-10-18(26-2)12-19(11-17)27-3/h6-7,9-12,16,22H,4-5,8,13H2,1-3H3. The number of hydrogen-bond donors (Lipinski definition) is 1. The summed E-state index contributed by atoms with van der Waals surface area (Å²) in [5.41, 5.74) is 1.21. The minimum atomic E-state index is -3.68. The Labute approximate surface area is 165 Å². The number of nitrogens with one attached hydrogen (secondary N) is 1. The first-order chi connectivity index (χ1) is 13.3. The van der Waals surface area contributed by atoms with E-state index in [0.29, 0.717) is 30.2 Å². The van der Waals surface area contributed by atoms with E-state index in [9.17, 15) is 12.8 Å². The number of halogens is 1. The first-order valence-corrected chi connectivity index (χ1v) is 10.5. The van der Waals surface area contributed by atoms with E-state index in [4.69, 9.17) is 9.47 Å². The lowest BCUT2D eigenvalue weighted by Gasteiger charge is -2.33. The van der Waals surface area contributed by atoms with Gasteiger partial charge in [-0.3, -0.25) is 0 Å². The Bertz CT molecular complexity index is 927. The molecule has 28 heavy (non-hydrogen) atoms. The van der Waals surface area contributed by atoms with Gasteiger partial charge in [0.15, 0.2) is 0 Å². The fourth-order valence-corrected chi connectivity index (χ4v) is 5.18. The predicted molar refractivity (Wildman–Crippen MR) is 106 cm³/mol. The Morgan fingerprint density at radius 2 is 1.79 bits per heavy atom. The molecule has 152 valence electrons. The van der Waals surface area contributed by atoms with Crippen molar-refractivity contribution in [3.8, 4) is 11.5 Å². The van der Waals surface area contributed by atoms with Gasteiger partial charge in [0.2, 0.25) is 10.0 Å². The largest absolute Gasteiger partial charge is 0.497 e. The number of aryl methyl sites for hydroxylation is 1. The van der Waals surface area contributed by atoms with E-state index in [1.807, 2.05) is 12.1 Å². The Morgan fingerprint density at radius 3 is 2.39 bits per heavy atom. The van der Waals surface area contributed by atoms with Crippen LogP contribution < -0.4 is 14.8 Å². The number of nitrogens with zero attached hydrogens (tertiary/aromatic N) is 1. The minimum Gasteiger partial charge on any atom is -0.497 e. The van der Waals surface area contributed by atoms with Crippen LogP contribution in [-0.4, -0.2) is 46.1 Å². The normalized spacial score (nSPS) is 17.9. The zero-order valence-corrected chi connectivity index (χ0v) is 17.1. The van der Waals surface area contributed by atoms with Crippen LogP contribution in [0.4, 0.5) is 10.1 Å². The molecular formula is C20H25FN2O4S. The molecule has 0 spiro atoms. The maximum absolute atomic E-state index is 13.4. The van der Waals surface area contributed by atoms with E-state index in [0.717, 1.165) is 18.5 Å². The van der Waals surface area contributed by atoms with E-state index in [1.54, 1.807) is 27.2 Å². The molecule has 0 bridgehead atoms. The average molecular weight is 408 g/mol. The molecule has 0 saturated carbocycles. The van der Waals surface area contributed by atoms with E-state index < -0.39 is 15.8 Å². The van der Waals surface area contributed by atoms with Crippen molar-refractivity contribution < 1.29 is 22.3 Å². The monoisotopic (exact) mass is 408 g/mol. The first kappa shape index (κ1) is 20.4.